The second-order valence-electron chi connectivity index (χ2n) is 7.06. The molecule has 0 bridgehead atoms. The zero-order valence-corrected chi connectivity index (χ0v) is 16.9. The summed E-state index contributed by atoms with van der Waals surface area (Å²) in [5, 5.41) is 8.06. The van der Waals surface area contributed by atoms with Crippen molar-refractivity contribution >= 4 is 17.5 Å². The van der Waals surface area contributed by atoms with E-state index >= 15 is 0 Å². The number of rotatable bonds is 5. The maximum Gasteiger partial charge on any atom is 0.273 e. The third-order valence-electron chi connectivity index (χ3n) is 5.32. The Balaban J connectivity index is 1.64. The van der Waals surface area contributed by atoms with Gasteiger partial charge in [0, 0.05) is 16.1 Å². The number of halogens is 1. The van der Waals surface area contributed by atoms with Crippen molar-refractivity contribution in [2.45, 2.75) is 12.6 Å². The highest BCUT2D eigenvalue weighted by atomic mass is 35.5. The average Bonchev–Trinajstić information content (AvgIpc) is 3.49. The zero-order chi connectivity index (χ0) is 20.7. The van der Waals surface area contributed by atoms with Gasteiger partial charge in [0.15, 0.2) is 0 Å². The monoisotopic (exact) mass is 419 g/mol. The Hall–Kier alpha value is -3.51. The molecule has 1 aliphatic rings. The van der Waals surface area contributed by atoms with Crippen molar-refractivity contribution in [2.24, 2.45) is 0 Å². The summed E-state index contributed by atoms with van der Waals surface area (Å²) in [6.07, 6.45) is 1.61. The van der Waals surface area contributed by atoms with E-state index in [4.69, 9.17) is 20.8 Å². The molecule has 0 radical (unpaired) electrons. The van der Waals surface area contributed by atoms with Gasteiger partial charge in [0.1, 0.15) is 17.2 Å². The van der Waals surface area contributed by atoms with Crippen LogP contribution in [0.15, 0.2) is 71.3 Å². The molecule has 2 aromatic heterocycles. The molecule has 1 aliphatic heterocycles. The minimum absolute atomic E-state index is 0.116. The molecular weight excluding hydrogens is 402 g/mol. The van der Waals surface area contributed by atoms with Crippen LogP contribution < -0.4 is 4.74 Å². The molecule has 4 aromatic rings. The first-order chi connectivity index (χ1) is 14.7. The van der Waals surface area contributed by atoms with Crippen LogP contribution in [0.2, 0.25) is 5.02 Å². The lowest BCUT2D eigenvalue weighted by molar-refractivity contribution is 0.0717. The van der Waals surface area contributed by atoms with Gasteiger partial charge >= 0.3 is 0 Å². The molecule has 0 spiro atoms. The highest BCUT2D eigenvalue weighted by Crippen LogP contribution is 2.43. The van der Waals surface area contributed by atoms with E-state index in [0.717, 1.165) is 28.1 Å². The summed E-state index contributed by atoms with van der Waals surface area (Å²) in [4.78, 5) is 15.1. The molecule has 5 rings (SSSR count). The number of benzene rings is 2. The van der Waals surface area contributed by atoms with Crippen LogP contribution in [0.3, 0.4) is 0 Å². The molecule has 3 heterocycles. The lowest BCUT2D eigenvalue weighted by atomic mass is 9.96. The van der Waals surface area contributed by atoms with Crippen molar-refractivity contribution in [3.05, 3.63) is 94.5 Å². The summed E-state index contributed by atoms with van der Waals surface area (Å²) in [6.45, 7) is 0.352. The molecule has 1 amide bonds. The number of nitrogens with one attached hydrogen (secondary N) is 1. The number of aromatic nitrogens is 2. The molecular formula is C23H18ClN3O3. The van der Waals surface area contributed by atoms with Crippen LogP contribution in [0.4, 0.5) is 0 Å². The molecule has 150 valence electrons. The highest BCUT2D eigenvalue weighted by Gasteiger charge is 2.42. The summed E-state index contributed by atoms with van der Waals surface area (Å²) in [5.74, 6) is 1.36. The topological polar surface area (TPSA) is 71.4 Å². The fourth-order valence-corrected chi connectivity index (χ4v) is 4.02. The second-order valence-corrected chi connectivity index (χ2v) is 7.49. The van der Waals surface area contributed by atoms with Crippen LogP contribution in [0.5, 0.6) is 5.75 Å². The molecule has 7 heteroatoms. The number of aromatic amines is 1. The first-order valence-corrected chi connectivity index (χ1v) is 9.85. The Morgan fingerprint density at radius 3 is 2.57 bits per heavy atom. The van der Waals surface area contributed by atoms with E-state index in [1.807, 2.05) is 60.7 Å². The number of nitrogens with zero attached hydrogens (tertiary/aromatic N) is 2. The molecule has 0 saturated heterocycles. The standard InChI is InChI=1S/C23H18ClN3O3/c1-29-17-10-6-15(7-11-17)22-19-20(14-4-8-16(24)9-5-14)25-26-21(19)23(28)27(22)13-18-3-2-12-30-18/h2-12,22H,13H2,1H3,(H,25,26). The van der Waals surface area contributed by atoms with E-state index in [-0.39, 0.29) is 11.9 Å². The minimum atomic E-state index is -0.312. The summed E-state index contributed by atoms with van der Waals surface area (Å²) >= 11 is 6.06. The number of fused-ring (bicyclic) bond motifs is 1. The smallest absolute Gasteiger partial charge is 0.273 e. The number of hydrogen-bond donors (Lipinski definition) is 1. The van der Waals surface area contributed by atoms with E-state index in [1.165, 1.54) is 0 Å². The van der Waals surface area contributed by atoms with Crippen LogP contribution in [0.1, 0.15) is 33.4 Å². The van der Waals surface area contributed by atoms with Gasteiger partial charge in [0.2, 0.25) is 0 Å². The normalized spacial score (nSPS) is 15.5. The summed E-state index contributed by atoms with van der Waals surface area (Å²) in [7, 11) is 1.63. The van der Waals surface area contributed by atoms with Crippen LogP contribution >= 0.6 is 11.6 Å². The Bertz CT molecular complexity index is 1180. The van der Waals surface area contributed by atoms with E-state index in [9.17, 15) is 4.79 Å². The summed E-state index contributed by atoms with van der Waals surface area (Å²) in [5.41, 5.74) is 3.93. The maximum atomic E-state index is 13.3. The molecule has 1 N–H and O–H groups in total. The van der Waals surface area contributed by atoms with Crippen molar-refractivity contribution in [2.75, 3.05) is 7.11 Å². The first kappa shape index (κ1) is 18.5. The van der Waals surface area contributed by atoms with Gasteiger partial charge in [-0.3, -0.25) is 9.89 Å². The van der Waals surface area contributed by atoms with Crippen molar-refractivity contribution < 1.29 is 13.9 Å². The SMILES string of the molecule is COc1ccc(C2c3c(-c4ccc(Cl)cc4)n[nH]c3C(=O)N2Cc2ccco2)cc1. The zero-order valence-electron chi connectivity index (χ0n) is 16.1. The van der Waals surface area contributed by atoms with Crippen molar-refractivity contribution in [3.8, 4) is 17.0 Å². The molecule has 0 saturated carbocycles. The van der Waals surface area contributed by atoms with E-state index in [1.54, 1.807) is 18.3 Å². The van der Waals surface area contributed by atoms with Gasteiger partial charge in [-0.05, 0) is 42.0 Å². The fourth-order valence-electron chi connectivity index (χ4n) is 3.89. The lowest BCUT2D eigenvalue weighted by Crippen LogP contribution is -2.28. The van der Waals surface area contributed by atoms with Crippen LogP contribution in [0.25, 0.3) is 11.3 Å². The number of H-pyrrole nitrogens is 1. The van der Waals surface area contributed by atoms with E-state index in [0.29, 0.717) is 23.0 Å². The maximum absolute atomic E-state index is 13.3. The first-order valence-electron chi connectivity index (χ1n) is 9.47. The third kappa shape index (κ3) is 3.06. The van der Waals surface area contributed by atoms with E-state index < -0.39 is 0 Å². The van der Waals surface area contributed by atoms with Gasteiger partial charge in [-0.15, -0.1) is 0 Å². The Kier molecular flexibility index (Phi) is 4.56. The molecule has 2 aromatic carbocycles. The predicted octanol–water partition coefficient (Wildman–Crippen LogP) is 5.08. The molecule has 1 unspecified atom stereocenters. The van der Waals surface area contributed by atoms with Crippen molar-refractivity contribution in [1.82, 2.24) is 15.1 Å². The quantitative estimate of drug-likeness (QED) is 0.489. The average molecular weight is 420 g/mol. The van der Waals surface area contributed by atoms with Crippen molar-refractivity contribution in [3.63, 3.8) is 0 Å². The summed E-state index contributed by atoms with van der Waals surface area (Å²) < 4.78 is 10.8. The van der Waals surface area contributed by atoms with E-state index in [2.05, 4.69) is 10.2 Å². The number of furan rings is 1. The molecule has 6 nitrogen and oxygen atoms in total. The highest BCUT2D eigenvalue weighted by molar-refractivity contribution is 6.30. The van der Waals surface area contributed by atoms with Crippen LogP contribution in [0, 0.1) is 0 Å². The van der Waals surface area contributed by atoms with Crippen LogP contribution in [-0.4, -0.2) is 28.1 Å². The van der Waals surface area contributed by atoms with Crippen molar-refractivity contribution in [1.29, 1.82) is 0 Å². The second kappa shape index (κ2) is 7.39. The van der Waals surface area contributed by atoms with Gasteiger partial charge in [-0.2, -0.15) is 5.10 Å². The number of carbonyl (C=O) groups is 1. The largest absolute Gasteiger partial charge is 0.497 e. The van der Waals surface area contributed by atoms with Gasteiger partial charge in [-0.1, -0.05) is 35.9 Å². The number of amides is 1. The fraction of sp³-hybridized carbons (Fsp3) is 0.130. The lowest BCUT2D eigenvalue weighted by Gasteiger charge is -2.25. The third-order valence-corrected chi connectivity index (χ3v) is 5.57. The number of hydrogen-bond acceptors (Lipinski definition) is 4. The number of methoxy groups -OCH3 is 1. The number of carbonyl (C=O) groups excluding carboxylic acids is 1. The Morgan fingerprint density at radius 1 is 1.13 bits per heavy atom. The Labute approximate surface area is 178 Å². The predicted molar refractivity (Wildman–Crippen MR) is 112 cm³/mol. The number of ether oxygens (including phenoxy) is 1. The molecule has 1 atom stereocenters. The Morgan fingerprint density at radius 2 is 1.90 bits per heavy atom. The van der Waals surface area contributed by atoms with Gasteiger partial charge in [0.05, 0.1) is 31.7 Å². The van der Waals surface area contributed by atoms with Crippen LogP contribution in [-0.2, 0) is 6.54 Å². The van der Waals surface area contributed by atoms with Gasteiger partial charge in [0.25, 0.3) is 5.91 Å². The molecule has 30 heavy (non-hydrogen) atoms. The van der Waals surface area contributed by atoms with Gasteiger partial charge in [-0.25, -0.2) is 0 Å². The molecule has 0 aliphatic carbocycles. The van der Waals surface area contributed by atoms with Gasteiger partial charge < -0.3 is 14.1 Å². The minimum Gasteiger partial charge on any atom is -0.497 e. The summed E-state index contributed by atoms with van der Waals surface area (Å²) in [6, 6.07) is 18.5. The molecule has 0 fully saturated rings.